The van der Waals surface area contributed by atoms with Crippen LogP contribution < -0.4 is 5.32 Å². The molecule has 76 valence electrons. The topological polar surface area (TPSA) is 38.3 Å². The van der Waals surface area contributed by atoms with Crippen molar-refractivity contribution in [3.63, 3.8) is 0 Å². The maximum absolute atomic E-state index is 11.3. The fourth-order valence-electron chi connectivity index (χ4n) is 1.48. The molecule has 1 saturated heterocycles. The summed E-state index contributed by atoms with van der Waals surface area (Å²) in [4.78, 5) is 11.3. The van der Waals surface area contributed by atoms with Crippen molar-refractivity contribution in [2.75, 3.05) is 6.61 Å². The number of hydrogen-bond donors (Lipinski definition) is 1. The minimum absolute atomic E-state index is 0.0591. The Morgan fingerprint density at radius 2 is 2.15 bits per heavy atom. The lowest BCUT2D eigenvalue weighted by molar-refractivity contribution is -0.125. The van der Waals surface area contributed by atoms with Crippen LogP contribution in [0.5, 0.6) is 0 Å². The van der Waals surface area contributed by atoms with Gasteiger partial charge in [0, 0.05) is 12.5 Å². The lowest BCUT2D eigenvalue weighted by Gasteiger charge is -2.20. The van der Waals surface area contributed by atoms with Gasteiger partial charge in [0.15, 0.2) is 0 Å². The molecule has 0 aliphatic carbocycles. The van der Waals surface area contributed by atoms with Crippen LogP contribution in [0.1, 0.15) is 33.6 Å². The monoisotopic (exact) mass is 185 g/mol. The van der Waals surface area contributed by atoms with E-state index in [2.05, 4.69) is 5.32 Å². The van der Waals surface area contributed by atoms with Crippen molar-refractivity contribution in [3.8, 4) is 0 Å². The van der Waals surface area contributed by atoms with Gasteiger partial charge < -0.3 is 10.1 Å². The van der Waals surface area contributed by atoms with Gasteiger partial charge in [-0.25, -0.2) is 0 Å². The Morgan fingerprint density at radius 1 is 1.46 bits per heavy atom. The first-order valence-corrected chi connectivity index (χ1v) is 5.03. The summed E-state index contributed by atoms with van der Waals surface area (Å²) < 4.78 is 5.48. The van der Waals surface area contributed by atoms with Gasteiger partial charge in [-0.05, 0) is 19.8 Å². The maximum Gasteiger partial charge on any atom is 0.222 e. The van der Waals surface area contributed by atoms with Crippen LogP contribution in [0.3, 0.4) is 0 Å². The Bertz CT molecular complexity index is 174. The second-order valence-electron chi connectivity index (χ2n) is 4.00. The number of carbonyl (C=O) groups excluding carboxylic acids is 1. The van der Waals surface area contributed by atoms with Crippen LogP contribution in [0.4, 0.5) is 0 Å². The van der Waals surface area contributed by atoms with E-state index in [-0.39, 0.29) is 24.0 Å². The van der Waals surface area contributed by atoms with E-state index < -0.39 is 0 Å². The van der Waals surface area contributed by atoms with Crippen molar-refractivity contribution >= 4 is 5.91 Å². The van der Waals surface area contributed by atoms with Crippen molar-refractivity contribution in [1.82, 2.24) is 5.32 Å². The van der Waals surface area contributed by atoms with Gasteiger partial charge in [-0.3, -0.25) is 4.79 Å². The molecule has 0 aromatic rings. The van der Waals surface area contributed by atoms with Crippen molar-refractivity contribution in [2.45, 2.75) is 45.8 Å². The molecule has 0 aromatic carbocycles. The third-order valence-corrected chi connectivity index (χ3v) is 2.42. The van der Waals surface area contributed by atoms with E-state index in [1.165, 1.54) is 0 Å². The first-order valence-electron chi connectivity index (χ1n) is 5.03. The van der Waals surface area contributed by atoms with Gasteiger partial charge in [0.2, 0.25) is 5.91 Å². The summed E-state index contributed by atoms with van der Waals surface area (Å²) in [5.74, 6) is 0.173. The number of ether oxygens (including phenoxy) is 1. The van der Waals surface area contributed by atoms with E-state index >= 15 is 0 Å². The lowest BCUT2D eigenvalue weighted by atomic mass is 10.1. The van der Waals surface area contributed by atoms with Gasteiger partial charge in [0.1, 0.15) is 0 Å². The summed E-state index contributed by atoms with van der Waals surface area (Å²) in [6.07, 6.45) is 2.41. The Labute approximate surface area is 79.8 Å². The van der Waals surface area contributed by atoms with E-state index in [0.717, 1.165) is 19.4 Å². The fourth-order valence-corrected chi connectivity index (χ4v) is 1.48. The predicted octanol–water partition coefficient (Wildman–Crippen LogP) is 1.33. The van der Waals surface area contributed by atoms with Crippen LogP contribution in [0, 0.1) is 5.92 Å². The average Bonchev–Trinajstić information content (AvgIpc) is 2.55. The zero-order chi connectivity index (χ0) is 9.84. The van der Waals surface area contributed by atoms with Gasteiger partial charge in [-0.1, -0.05) is 13.8 Å². The molecule has 3 nitrogen and oxygen atoms in total. The number of amides is 1. The molecule has 1 rings (SSSR count). The summed E-state index contributed by atoms with van der Waals surface area (Å²) in [6.45, 7) is 6.65. The summed E-state index contributed by atoms with van der Waals surface area (Å²) in [6, 6.07) is 0.150. The van der Waals surface area contributed by atoms with Gasteiger partial charge in [0.05, 0.1) is 12.1 Å². The van der Waals surface area contributed by atoms with Gasteiger partial charge in [0.25, 0.3) is 0 Å². The molecule has 0 unspecified atom stereocenters. The molecule has 1 amide bonds. The molecule has 1 aliphatic heterocycles. The number of carbonyl (C=O) groups is 1. The summed E-state index contributed by atoms with van der Waals surface area (Å²) >= 11 is 0. The molecule has 1 N–H and O–H groups in total. The average molecular weight is 185 g/mol. The minimum Gasteiger partial charge on any atom is -0.376 e. The van der Waals surface area contributed by atoms with E-state index in [1.54, 1.807) is 0 Å². The molecular weight excluding hydrogens is 166 g/mol. The first-order chi connectivity index (χ1) is 6.11. The lowest BCUT2D eigenvalue weighted by Crippen LogP contribution is -2.42. The van der Waals surface area contributed by atoms with Gasteiger partial charge in [-0.2, -0.15) is 0 Å². The van der Waals surface area contributed by atoms with Crippen molar-refractivity contribution in [3.05, 3.63) is 0 Å². The van der Waals surface area contributed by atoms with E-state index in [1.807, 2.05) is 20.8 Å². The van der Waals surface area contributed by atoms with Gasteiger partial charge in [-0.15, -0.1) is 0 Å². The first kappa shape index (κ1) is 10.5. The molecule has 13 heavy (non-hydrogen) atoms. The molecule has 0 bridgehead atoms. The van der Waals surface area contributed by atoms with Crippen LogP contribution >= 0.6 is 0 Å². The van der Waals surface area contributed by atoms with Crippen LogP contribution in [-0.2, 0) is 9.53 Å². The highest BCUT2D eigenvalue weighted by atomic mass is 16.5. The van der Waals surface area contributed by atoms with Crippen molar-refractivity contribution < 1.29 is 9.53 Å². The van der Waals surface area contributed by atoms with Crippen molar-refractivity contribution in [1.29, 1.82) is 0 Å². The van der Waals surface area contributed by atoms with E-state index in [9.17, 15) is 4.79 Å². The summed E-state index contributed by atoms with van der Waals surface area (Å²) in [5.41, 5.74) is 0. The predicted molar refractivity (Wildman–Crippen MR) is 51.4 cm³/mol. The van der Waals surface area contributed by atoms with E-state index in [4.69, 9.17) is 4.74 Å². The maximum atomic E-state index is 11.3. The summed E-state index contributed by atoms with van der Waals surface area (Å²) in [5, 5.41) is 2.96. The normalized spacial score (nSPS) is 24.8. The molecule has 0 aromatic heterocycles. The Balaban J connectivity index is 2.31. The third-order valence-electron chi connectivity index (χ3n) is 2.42. The quantitative estimate of drug-likeness (QED) is 0.720. The largest absolute Gasteiger partial charge is 0.376 e. The molecule has 1 heterocycles. The minimum atomic E-state index is 0.0591. The van der Waals surface area contributed by atoms with Crippen LogP contribution in [-0.4, -0.2) is 24.7 Å². The smallest absolute Gasteiger partial charge is 0.222 e. The highest BCUT2D eigenvalue weighted by molar-refractivity contribution is 5.78. The summed E-state index contributed by atoms with van der Waals surface area (Å²) in [7, 11) is 0. The zero-order valence-corrected chi connectivity index (χ0v) is 8.67. The number of rotatable bonds is 3. The van der Waals surface area contributed by atoms with Crippen LogP contribution in [0.25, 0.3) is 0 Å². The highest BCUT2D eigenvalue weighted by Gasteiger charge is 2.23. The van der Waals surface area contributed by atoms with Crippen LogP contribution in [0.2, 0.25) is 0 Å². The Morgan fingerprint density at radius 3 is 2.62 bits per heavy atom. The number of hydrogen-bond acceptors (Lipinski definition) is 2. The molecule has 1 fully saturated rings. The molecule has 3 heteroatoms. The molecular formula is C10H19NO2. The highest BCUT2D eigenvalue weighted by Crippen LogP contribution is 2.15. The van der Waals surface area contributed by atoms with Gasteiger partial charge >= 0.3 is 0 Å². The standard InChI is InChI=1S/C10H19NO2/c1-7(2)10(12)11-8(3)9-5-4-6-13-9/h7-9H,4-6H2,1-3H3,(H,11,12)/t8-,9-/m1/s1. The zero-order valence-electron chi connectivity index (χ0n) is 8.67. The molecule has 0 saturated carbocycles. The molecule has 0 radical (unpaired) electrons. The second-order valence-corrected chi connectivity index (χ2v) is 4.00. The molecule has 0 spiro atoms. The third kappa shape index (κ3) is 2.99. The Hall–Kier alpha value is -0.570. The molecule has 2 atom stereocenters. The number of nitrogens with one attached hydrogen (secondary N) is 1. The fraction of sp³-hybridized carbons (Fsp3) is 0.900. The molecule has 1 aliphatic rings. The SMILES string of the molecule is CC(C)C(=O)N[C@H](C)[C@H]1CCCO1. The second kappa shape index (κ2) is 4.61. The Kier molecular flexibility index (Phi) is 3.72. The van der Waals surface area contributed by atoms with Crippen molar-refractivity contribution in [2.24, 2.45) is 5.92 Å². The van der Waals surface area contributed by atoms with E-state index in [0.29, 0.717) is 0 Å². The van der Waals surface area contributed by atoms with Crippen LogP contribution in [0.15, 0.2) is 0 Å².